The molecule has 1 fully saturated rings. The Morgan fingerprint density at radius 2 is 2.04 bits per heavy atom. The van der Waals surface area contributed by atoms with Crippen molar-refractivity contribution in [3.8, 4) is 0 Å². The van der Waals surface area contributed by atoms with Crippen molar-refractivity contribution in [1.82, 2.24) is 14.3 Å². The first-order chi connectivity index (χ1) is 13.0. The number of rotatable bonds is 5. The van der Waals surface area contributed by atoms with Crippen LogP contribution in [-0.2, 0) is 13.0 Å². The lowest BCUT2D eigenvalue weighted by molar-refractivity contribution is -0.109. The van der Waals surface area contributed by atoms with Gasteiger partial charge in [0.25, 0.3) is 5.92 Å². The zero-order chi connectivity index (χ0) is 18.9. The topological polar surface area (TPSA) is 20.5 Å². The summed E-state index contributed by atoms with van der Waals surface area (Å²) < 4.78 is 44.1. The summed E-state index contributed by atoms with van der Waals surface area (Å²) in [6.45, 7) is 1.25. The number of pyridine rings is 1. The molecular weight excluding hydrogens is 351 g/mol. The van der Waals surface area contributed by atoms with E-state index in [1.165, 1.54) is 12.1 Å². The molecule has 1 atom stereocenters. The first kappa shape index (κ1) is 18.0. The van der Waals surface area contributed by atoms with Crippen molar-refractivity contribution in [3.63, 3.8) is 0 Å². The van der Waals surface area contributed by atoms with E-state index in [1.54, 1.807) is 18.5 Å². The molecule has 2 aromatic heterocycles. The second kappa shape index (κ2) is 7.35. The van der Waals surface area contributed by atoms with E-state index >= 15 is 0 Å². The van der Waals surface area contributed by atoms with Crippen LogP contribution in [0.3, 0.4) is 0 Å². The lowest BCUT2D eigenvalue weighted by Crippen LogP contribution is -2.46. The molecule has 6 heteroatoms. The highest BCUT2D eigenvalue weighted by atomic mass is 19.3. The summed E-state index contributed by atoms with van der Waals surface area (Å²) in [7, 11) is 0. The molecule has 0 radical (unpaired) electrons. The van der Waals surface area contributed by atoms with E-state index in [-0.39, 0.29) is 12.2 Å². The van der Waals surface area contributed by atoms with Gasteiger partial charge < -0.3 is 4.40 Å². The monoisotopic (exact) mass is 373 g/mol. The maximum absolute atomic E-state index is 14.4. The summed E-state index contributed by atoms with van der Waals surface area (Å²) in [6, 6.07) is 12.1. The SMILES string of the molecule is Fc1cccc(CCC2CN(Cc3ncn4ccccc34)CCC2(F)F)c1. The van der Waals surface area contributed by atoms with Crippen LogP contribution in [0.2, 0.25) is 0 Å². The number of hydrogen-bond acceptors (Lipinski definition) is 2. The van der Waals surface area contributed by atoms with Crippen LogP contribution in [0.15, 0.2) is 55.0 Å². The molecule has 0 spiro atoms. The summed E-state index contributed by atoms with van der Waals surface area (Å²) in [5, 5.41) is 0. The Labute approximate surface area is 156 Å². The fourth-order valence-electron chi connectivity index (χ4n) is 3.86. The second-order valence-corrected chi connectivity index (χ2v) is 7.30. The molecular formula is C21H22F3N3. The Hall–Kier alpha value is -2.34. The molecule has 3 aromatic rings. The molecule has 1 saturated heterocycles. The van der Waals surface area contributed by atoms with Crippen molar-refractivity contribution < 1.29 is 13.2 Å². The van der Waals surface area contributed by atoms with Crippen molar-refractivity contribution in [3.05, 3.63) is 72.1 Å². The fourth-order valence-corrected chi connectivity index (χ4v) is 3.86. The molecule has 1 aliphatic rings. The quantitative estimate of drug-likeness (QED) is 0.653. The van der Waals surface area contributed by atoms with E-state index in [0.29, 0.717) is 32.5 Å². The number of fused-ring (bicyclic) bond motifs is 1. The number of hydrogen-bond donors (Lipinski definition) is 0. The molecule has 142 valence electrons. The third-order valence-corrected chi connectivity index (χ3v) is 5.40. The van der Waals surface area contributed by atoms with Gasteiger partial charge in [0.05, 0.1) is 17.5 Å². The lowest BCUT2D eigenvalue weighted by Gasteiger charge is -2.38. The summed E-state index contributed by atoms with van der Waals surface area (Å²) in [6.07, 6.45) is 4.34. The number of aryl methyl sites for hydroxylation is 1. The van der Waals surface area contributed by atoms with Crippen LogP contribution in [0.1, 0.15) is 24.1 Å². The van der Waals surface area contributed by atoms with Gasteiger partial charge in [-0.3, -0.25) is 4.90 Å². The Morgan fingerprint density at radius 1 is 1.15 bits per heavy atom. The highest BCUT2D eigenvalue weighted by molar-refractivity contribution is 5.51. The largest absolute Gasteiger partial charge is 0.306 e. The number of halogens is 3. The standard InChI is InChI=1S/C21H22F3N3/c22-18-5-3-4-16(12-18)7-8-17-13-26(11-9-21(17,23)24)14-19-20-6-1-2-10-27(20)15-25-19/h1-6,10,12,15,17H,7-9,11,13-14H2. The molecule has 0 amide bonds. The average molecular weight is 373 g/mol. The number of likely N-dealkylation sites (tertiary alicyclic amines) is 1. The smallest absolute Gasteiger partial charge is 0.253 e. The second-order valence-electron chi connectivity index (χ2n) is 7.30. The molecule has 0 bridgehead atoms. The number of imidazole rings is 1. The molecule has 0 aliphatic carbocycles. The lowest BCUT2D eigenvalue weighted by atomic mass is 9.88. The Morgan fingerprint density at radius 3 is 2.89 bits per heavy atom. The van der Waals surface area contributed by atoms with Crippen LogP contribution in [0.25, 0.3) is 5.52 Å². The Bertz CT molecular complexity index is 922. The summed E-state index contributed by atoms with van der Waals surface area (Å²) in [4.78, 5) is 6.50. The third-order valence-electron chi connectivity index (χ3n) is 5.40. The number of nitrogens with zero attached hydrogens (tertiary/aromatic N) is 3. The first-order valence-corrected chi connectivity index (χ1v) is 9.26. The highest BCUT2D eigenvalue weighted by Crippen LogP contribution is 2.36. The maximum atomic E-state index is 14.4. The van der Waals surface area contributed by atoms with Gasteiger partial charge in [0.2, 0.25) is 0 Å². The highest BCUT2D eigenvalue weighted by Gasteiger charge is 2.43. The van der Waals surface area contributed by atoms with Crippen molar-refractivity contribution in [2.45, 2.75) is 31.7 Å². The summed E-state index contributed by atoms with van der Waals surface area (Å²) >= 11 is 0. The minimum atomic E-state index is -2.68. The van der Waals surface area contributed by atoms with Crippen molar-refractivity contribution in [2.75, 3.05) is 13.1 Å². The molecule has 27 heavy (non-hydrogen) atoms. The van der Waals surface area contributed by atoms with E-state index in [0.717, 1.165) is 16.8 Å². The van der Waals surface area contributed by atoms with Gasteiger partial charge in [0.1, 0.15) is 5.82 Å². The van der Waals surface area contributed by atoms with Crippen molar-refractivity contribution in [1.29, 1.82) is 0 Å². The van der Waals surface area contributed by atoms with Crippen molar-refractivity contribution in [2.24, 2.45) is 5.92 Å². The van der Waals surface area contributed by atoms with Gasteiger partial charge in [-0.25, -0.2) is 18.2 Å². The van der Waals surface area contributed by atoms with Crippen LogP contribution in [0.4, 0.5) is 13.2 Å². The fraction of sp³-hybridized carbons (Fsp3) is 0.381. The van der Waals surface area contributed by atoms with Gasteiger partial charge in [0.15, 0.2) is 0 Å². The molecule has 1 aromatic carbocycles. The Balaban J connectivity index is 1.43. The minimum Gasteiger partial charge on any atom is -0.306 e. The van der Waals surface area contributed by atoms with Crippen LogP contribution in [-0.4, -0.2) is 33.3 Å². The minimum absolute atomic E-state index is 0.146. The van der Waals surface area contributed by atoms with Crippen molar-refractivity contribution >= 4 is 5.52 Å². The van der Waals surface area contributed by atoms with E-state index in [1.807, 2.05) is 28.8 Å². The maximum Gasteiger partial charge on any atom is 0.253 e. The van der Waals surface area contributed by atoms with E-state index in [9.17, 15) is 13.2 Å². The van der Waals surface area contributed by atoms with Gasteiger partial charge >= 0.3 is 0 Å². The zero-order valence-corrected chi connectivity index (χ0v) is 15.0. The Kier molecular flexibility index (Phi) is 4.91. The van der Waals surface area contributed by atoms with Gasteiger partial charge in [-0.2, -0.15) is 0 Å². The number of piperidine rings is 1. The number of benzene rings is 1. The molecule has 4 rings (SSSR count). The molecule has 3 heterocycles. The molecule has 0 N–H and O–H groups in total. The van der Waals surface area contributed by atoms with E-state index in [2.05, 4.69) is 9.88 Å². The number of alkyl halides is 2. The van der Waals surface area contributed by atoms with Crippen LogP contribution in [0, 0.1) is 11.7 Å². The van der Waals surface area contributed by atoms with Crippen LogP contribution < -0.4 is 0 Å². The van der Waals surface area contributed by atoms with E-state index < -0.39 is 11.8 Å². The molecule has 3 nitrogen and oxygen atoms in total. The molecule has 1 aliphatic heterocycles. The molecule has 0 saturated carbocycles. The van der Waals surface area contributed by atoms with Gasteiger partial charge in [0, 0.05) is 38.2 Å². The van der Waals surface area contributed by atoms with Gasteiger partial charge in [-0.1, -0.05) is 18.2 Å². The zero-order valence-electron chi connectivity index (χ0n) is 15.0. The predicted octanol–water partition coefficient (Wildman–Crippen LogP) is 4.56. The van der Waals surface area contributed by atoms with Gasteiger partial charge in [-0.15, -0.1) is 0 Å². The third kappa shape index (κ3) is 4.00. The number of aromatic nitrogens is 2. The van der Waals surface area contributed by atoms with Gasteiger partial charge in [-0.05, 0) is 42.7 Å². The average Bonchev–Trinajstić information content (AvgIpc) is 3.05. The van der Waals surface area contributed by atoms with E-state index in [4.69, 9.17) is 0 Å². The predicted molar refractivity (Wildman–Crippen MR) is 98.2 cm³/mol. The molecule has 1 unspecified atom stereocenters. The normalized spacial score (nSPS) is 20.2. The first-order valence-electron chi connectivity index (χ1n) is 9.26. The summed E-state index contributed by atoms with van der Waals surface area (Å²) in [5.41, 5.74) is 2.68. The summed E-state index contributed by atoms with van der Waals surface area (Å²) in [5.74, 6) is -3.74. The van der Waals surface area contributed by atoms with Crippen LogP contribution in [0.5, 0.6) is 0 Å². The van der Waals surface area contributed by atoms with Crippen LogP contribution >= 0.6 is 0 Å².